The molecule has 2 aliphatic rings. The molecule has 8 heteroatoms. The molecule has 0 saturated carbocycles. The highest BCUT2D eigenvalue weighted by Gasteiger charge is 2.43. The van der Waals surface area contributed by atoms with Crippen molar-refractivity contribution < 1.29 is 14.5 Å². The van der Waals surface area contributed by atoms with Crippen molar-refractivity contribution >= 4 is 34.5 Å². The highest BCUT2D eigenvalue weighted by molar-refractivity contribution is 5.99. The molecule has 2 aliphatic heterocycles. The summed E-state index contributed by atoms with van der Waals surface area (Å²) in [6.45, 7) is 4.69. The highest BCUT2D eigenvalue weighted by Crippen LogP contribution is 2.41. The van der Waals surface area contributed by atoms with E-state index in [-0.39, 0.29) is 22.9 Å². The number of para-hydroxylation sites is 1. The van der Waals surface area contributed by atoms with Gasteiger partial charge in [0.05, 0.1) is 4.92 Å². The van der Waals surface area contributed by atoms with Crippen LogP contribution in [0.3, 0.4) is 0 Å². The normalized spacial score (nSPS) is 17.5. The van der Waals surface area contributed by atoms with Gasteiger partial charge in [-0.2, -0.15) is 0 Å². The topological polar surface area (TPSA) is 88.7 Å². The average molecular weight is 501 g/mol. The molecule has 3 heterocycles. The molecule has 2 saturated heterocycles. The van der Waals surface area contributed by atoms with Gasteiger partial charge in [0.1, 0.15) is 5.69 Å². The van der Waals surface area contributed by atoms with Crippen molar-refractivity contribution in [1.82, 2.24) is 14.4 Å². The monoisotopic (exact) mass is 500 g/mol. The number of nitrogens with zero attached hydrogens (tertiary/aromatic N) is 4. The molecule has 0 atom stereocenters. The Morgan fingerprint density at radius 2 is 1.70 bits per heavy atom. The molecule has 5 rings (SSSR count). The lowest BCUT2D eigenvalue weighted by Crippen LogP contribution is -2.45. The minimum atomic E-state index is -0.424. The van der Waals surface area contributed by atoms with Crippen LogP contribution in [-0.2, 0) is 11.8 Å². The molecule has 0 unspecified atom stereocenters. The Morgan fingerprint density at radius 3 is 2.38 bits per heavy atom. The summed E-state index contributed by atoms with van der Waals surface area (Å²) in [5.74, 6) is 0.0625. The third-order valence-corrected chi connectivity index (χ3v) is 8.09. The van der Waals surface area contributed by atoms with Crippen LogP contribution in [0.25, 0.3) is 17.0 Å². The van der Waals surface area contributed by atoms with E-state index in [0.717, 1.165) is 30.2 Å². The number of amides is 2. The van der Waals surface area contributed by atoms with Crippen LogP contribution in [0.1, 0.15) is 48.7 Å². The fourth-order valence-electron chi connectivity index (χ4n) is 5.80. The van der Waals surface area contributed by atoms with Crippen LogP contribution < -0.4 is 0 Å². The highest BCUT2D eigenvalue weighted by atomic mass is 16.6. The summed E-state index contributed by atoms with van der Waals surface area (Å²) in [6.07, 6.45) is 5.01. The number of benzene rings is 2. The maximum Gasteiger partial charge on any atom is 0.270 e. The van der Waals surface area contributed by atoms with Crippen LogP contribution in [-0.4, -0.2) is 57.3 Å². The lowest BCUT2D eigenvalue weighted by molar-refractivity contribution is -0.384. The second-order valence-electron chi connectivity index (χ2n) is 10.3. The molecule has 0 bridgehead atoms. The van der Waals surface area contributed by atoms with E-state index in [4.69, 9.17) is 0 Å². The molecule has 0 N–H and O–H groups in total. The van der Waals surface area contributed by atoms with Crippen LogP contribution in [0.4, 0.5) is 5.69 Å². The van der Waals surface area contributed by atoms with Crippen molar-refractivity contribution in [2.45, 2.75) is 32.6 Å². The molecule has 3 aromatic rings. The molecule has 37 heavy (non-hydrogen) atoms. The number of hydrogen-bond acceptors (Lipinski definition) is 4. The minimum Gasteiger partial charge on any atom is -0.340 e. The first-order valence-corrected chi connectivity index (χ1v) is 12.9. The van der Waals surface area contributed by atoms with Gasteiger partial charge in [-0.1, -0.05) is 37.3 Å². The van der Waals surface area contributed by atoms with E-state index < -0.39 is 4.92 Å². The summed E-state index contributed by atoms with van der Waals surface area (Å²) in [5.41, 5.74) is 3.12. The number of nitro benzene ring substituents is 1. The lowest BCUT2D eigenvalue weighted by atomic mass is 9.77. The van der Waals surface area contributed by atoms with Crippen LogP contribution in [0.2, 0.25) is 0 Å². The lowest BCUT2D eigenvalue weighted by Gasteiger charge is -2.39. The molecule has 192 valence electrons. The first-order valence-electron chi connectivity index (χ1n) is 12.9. The van der Waals surface area contributed by atoms with Crippen molar-refractivity contribution in [3.05, 3.63) is 81.5 Å². The average Bonchev–Trinajstić information content (AvgIpc) is 3.48. The van der Waals surface area contributed by atoms with Gasteiger partial charge in [-0.05, 0) is 54.9 Å². The summed E-state index contributed by atoms with van der Waals surface area (Å²) in [6, 6.07) is 16.4. The first-order chi connectivity index (χ1) is 17.8. The zero-order chi connectivity index (χ0) is 26.2. The number of non-ortho nitro benzene ring substituents is 1. The van der Waals surface area contributed by atoms with Gasteiger partial charge < -0.3 is 14.4 Å². The fraction of sp³-hybridized carbons (Fsp3) is 0.379. The summed E-state index contributed by atoms with van der Waals surface area (Å²) in [7, 11) is 1.94. The van der Waals surface area contributed by atoms with Crippen molar-refractivity contribution in [3.8, 4) is 0 Å². The van der Waals surface area contributed by atoms with Crippen molar-refractivity contribution in [2.75, 3.05) is 26.2 Å². The fourth-order valence-corrected chi connectivity index (χ4v) is 5.80. The zero-order valence-corrected chi connectivity index (χ0v) is 21.4. The number of aryl methyl sites for hydroxylation is 1. The van der Waals surface area contributed by atoms with E-state index in [1.807, 2.05) is 58.7 Å². The SMILES string of the molecule is CC/C(=C/c1cccc([N+](=O)[O-])c1)C(=O)N1CCC2(CCN(C(=O)c3cc4ccccc4n3C)CC2)C1. The van der Waals surface area contributed by atoms with Gasteiger partial charge in [0, 0.05) is 61.8 Å². The maximum atomic E-state index is 13.4. The van der Waals surface area contributed by atoms with Gasteiger partial charge in [-0.25, -0.2) is 0 Å². The number of carbonyl (C=O) groups is 2. The minimum absolute atomic E-state index is 0.000104. The van der Waals surface area contributed by atoms with Crippen LogP contribution in [0.5, 0.6) is 0 Å². The van der Waals surface area contributed by atoms with Crippen LogP contribution >= 0.6 is 0 Å². The molecule has 0 aliphatic carbocycles. The Kier molecular flexibility index (Phi) is 6.58. The van der Waals surface area contributed by atoms with Gasteiger partial charge in [0.15, 0.2) is 0 Å². The van der Waals surface area contributed by atoms with Crippen LogP contribution in [0.15, 0.2) is 60.2 Å². The van der Waals surface area contributed by atoms with E-state index >= 15 is 0 Å². The molecule has 1 aromatic heterocycles. The number of carbonyl (C=O) groups excluding carboxylic acids is 2. The number of piperidine rings is 1. The van der Waals surface area contributed by atoms with Crippen LogP contribution in [0, 0.1) is 15.5 Å². The third kappa shape index (κ3) is 4.75. The van der Waals surface area contributed by atoms with Crippen molar-refractivity contribution in [1.29, 1.82) is 0 Å². The number of fused-ring (bicyclic) bond motifs is 1. The molecule has 1 spiro atoms. The number of aromatic nitrogens is 1. The standard InChI is InChI=1S/C29H32N4O4/c1-3-22(17-21-7-6-9-24(18-21)33(36)37)27(34)32-16-13-29(20-32)11-14-31(15-12-29)28(35)26-19-23-8-4-5-10-25(23)30(26)2/h4-10,17-19H,3,11-16,20H2,1-2H3/b22-17-. The number of nitro groups is 1. The molecular weight excluding hydrogens is 468 g/mol. The molecule has 2 amide bonds. The van der Waals surface area contributed by atoms with Crippen molar-refractivity contribution in [2.24, 2.45) is 12.5 Å². The van der Waals surface area contributed by atoms with Crippen molar-refractivity contribution in [3.63, 3.8) is 0 Å². The van der Waals surface area contributed by atoms with Gasteiger partial charge in [-0.15, -0.1) is 0 Å². The quantitative estimate of drug-likeness (QED) is 0.279. The van der Waals surface area contributed by atoms with E-state index in [9.17, 15) is 19.7 Å². The zero-order valence-electron chi connectivity index (χ0n) is 21.4. The van der Waals surface area contributed by atoms with Gasteiger partial charge in [-0.3, -0.25) is 19.7 Å². The summed E-state index contributed by atoms with van der Waals surface area (Å²) in [4.78, 5) is 41.2. The Morgan fingerprint density at radius 1 is 1.00 bits per heavy atom. The summed E-state index contributed by atoms with van der Waals surface area (Å²) >= 11 is 0. The van der Waals surface area contributed by atoms with Gasteiger partial charge in [0.25, 0.3) is 11.6 Å². The second kappa shape index (κ2) is 9.84. The Balaban J connectivity index is 1.24. The Hall–Kier alpha value is -3.94. The Labute approximate surface area is 216 Å². The number of hydrogen-bond donors (Lipinski definition) is 0. The first kappa shape index (κ1) is 24.7. The molecule has 2 aromatic carbocycles. The smallest absolute Gasteiger partial charge is 0.270 e. The molecule has 2 fully saturated rings. The molecular formula is C29H32N4O4. The van der Waals surface area contributed by atoms with Gasteiger partial charge in [0.2, 0.25) is 5.91 Å². The van der Waals surface area contributed by atoms with E-state index in [2.05, 4.69) is 0 Å². The second-order valence-corrected chi connectivity index (χ2v) is 10.3. The maximum absolute atomic E-state index is 13.4. The van der Waals surface area contributed by atoms with Gasteiger partial charge >= 0.3 is 0 Å². The molecule has 0 radical (unpaired) electrons. The number of rotatable bonds is 5. The van der Waals surface area contributed by atoms with E-state index in [0.29, 0.717) is 49.4 Å². The molecule has 8 nitrogen and oxygen atoms in total. The summed E-state index contributed by atoms with van der Waals surface area (Å²) < 4.78 is 1.97. The number of likely N-dealkylation sites (tertiary alicyclic amines) is 2. The van der Waals surface area contributed by atoms with E-state index in [1.54, 1.807) is 18.2 Å². The largest absolute Gasteiger partial charge is 0.340 e. The predicted octanol–water partition coefficient (Wildman–Crippen LogP) is 5.03. The third-order valence-electron chi connectivity index (χ3n) is 8.09. The Bertz CT molecular complexity index is 1400. The summed E-state index contributed by atoms with van der Waals surface area (Å²) in [5, 5.41) is 12.2. The van der Waals surface area contributed by atoms with E-state index in [1.165, 1.54) is 12.1 Å². The predicted molar refractivity (Wildman–Crippen MR) is 143 cm³/mol.